The molecule has 0 aromatic carbocycles. The highest BCUT2D eigenvalue weighted by Gasteiger charge is 2.40. The second-order valence-electron chi connectivity index (χ2n) is 6.47. The summed E-state index contributed by atoms with van der Waals surface area (Å²) in [5.41, 5.74) is 0. The number of hydrogen-bond acceptors (Lipinski definition) is 2. The molecule has 0 aliphatic heterocycles. The first-order valence-electron chi connectivity index (χ1n) is 7.46. The van der Waals surface area contributed by atoms with Gasteiger partial charge >= 0.3 is 0 Å². The van der Waals surface area contributed by atoms with Gasteiger partial charge in [0.25, 0.3) is 0 Å². The molecular weight excluding hydrogens is 224 g/mol. The van der Waals surface area contributed by atoms with Crippen LogP contribution in [0.5, 0.6) is 0 Å². The zero-order valence-corrected chi connectivity index (χ0v) is 10.9. The van der Waals surface area contributed by atoms with Crippen LogP contribution in [0.4, 0.5) is 0 Å². The number of amides is 1. The average Bonchev–Trinajstić information content (AvgIpc) is 2.87. The molecule has 0 aromatic heterocycles. The van der Waals surface area contributed by atoms with Gasteiger partial charge in [-0.25, -0.2) is 0 Å². The lowest BCUT2D eigenvalue weighted by Gasteiger charge is -2.41. The first kappa shape index (κ1) is 12.0. The molecule has 98 valence electrons. The smallest absolute Gasteiger partial charge is 0.223 e. The Bertz CT molecular complexity index is 365. The molecule has 0 radical (unpaired) electrons. The third kappa shape index (κ3) is 2.25. The minimum Gasteiger partial charge on any atom is -0.353 e. The van der Waals surface area contributed by atoms with Crippen LogP contribution in [-0.4, -0.2) is 11.9 Å². The molecule has 0 spiro atoms. The first-order chi connectivity index (χ1) is 8.76. The van der Waals surface area contributed by atoms with Crippen molar-refractivity contribution in [1.82, 2.24) is 5.32 Å². The second kappa shape index (κ2) is 4.91. The summed E-state index contributed by atoms with van der Waals surface area (Å²) in [6, 6.07) is 2.59. The summed E-state index contributed by atoms with van der Waals surface area (Å²) in [5.74, 6) is 2.18. The molecule has 1 N–H and O–H groups in total. The predicted octanol–water partition coefficient (Wildman–Crippen LogP) is 2.62. The van der Waals surface area contributed by atoms with E-state index < -0.39 is 0 Å². The Hall–Kier alpha value is -1.04. The van der Waals surface area contributed by atoms with E-state index in [0.29, 0.717) is 5.92 Å². The molecule has 3 heteroatoms. The molecule has 4 aliphatic rings. The summed E-state index contributed by atoms with van der Waals surface area (Å²) in [7, 11) is 0. The van der Waals surface area contributed by atoms with E-state index in [2.05, 4.69) is 11.4 Å². The minimum absolute atomic E-state index is 0.165. The van der Waals surface area contributed by atoms with Crippen molar-refractivity contribution in [1.29, 1.82) is 5.26 Å². The van der Waals surface area contributed by atoms with Crippen LogP contribution in [0.1, 0.15) is 51.4 Å². The Balaban J connectivity index is 1.54. The van der Waals surface area contributed by atoms with Gasteiger partial charge in [-0.05, 0) is 50.4 Å². The van der Waals surface area contributed by atoms with Gasteiger partial charge in [0, 0.05) is 17.9 Å². The van der Waals surface area contributed by atoms with E-state index in [4.69, 9.17) is 5.26 Å². The van der Waals surface area contributed by atoms with E-state index in [1.54, 1.807) is 0 Å². The summed E-state index contributed by atoms with van der Waals surface area (Å²) in [4.78, 5) is 12.3. The zero-order valence-electron chi connectivity index (χ0n) is 10.9. The van der Waals surface area contributed by atoms with Crippen LogP contribution in [0, 0.1) is 35.0 Å². The van der Waals surface area contributed by atoms with Crippen molar-refractivity contribution in [3.05, 3.63) is 0 Å². The van der Waals surface area contributed by atoms with E-state index in [-0.39, 0.29) is 23.8 Å². The third-order valence-electron chi connectivity index (χ3n) is 5.35. The molecule has 0 aromatic rings. The van der Waals surface area contributed by atoms with Gasteiger partial charge in [-0.2, -0.15) is 5.26 Å². The molecule has 1 amide bonds. The van der Waals surface area contributed by atoms with Gasteiger partial charge in [0.05, 0.1) is 6.07 Å². The standard InChI is InChI=1S/C15H22N2O/c16-9-11-3-6-13(7-11)17-15(18)14-8-10-1-4-12(14)5-2-10/h10-14H,1-8H2,(H,17,18)/t10?,11-,12?,13+,14?/m1/s1. The Morgan fingerprint density at radius 1 is 1.06 bits per heavy atom. The van der Waals surface area contributed by atoms with Gasteiger partial charge < -0.3 is 5.32 Å². The van der Waals surface area contributed by atoms with Crippen molar-refractivity contribution in [3.63, 3.8) is 0 Å². The Morgan fingerprint density at radius 3 is 2.39 bits per heavy atom. The van der Waals surface area contributed by atoms with Crippen LogP contribution in [0.3, 0.4) is 0 Å². The number of nitrogens with one attached hydrogen (secondary N) is 1. The summed E-state index contributed by atoms with van der Waals surface area (Å²) in [6.45, 7) is 0. The molecule has 4 saturated carbocycles. The molecule has 3 atom stereocenters. The summed E-state index contributed by atoms with van der Waals surface area (Å²) in [5, 5.41) is 12.1. The monoisotopic (exact) mass is 246 g/mol. The fourth-order valence-corrected chi connectivity index (χ4v) is 4.24. The molecular formula is C15H22N2O. The van der Waals surface area contributed by atoms with Crippen molar-refractivity contribution in [3.8, 4) is 6.07 Å². The number of rotatable bonds is 2. The van der Waals surface area contributed by atoms with E-state index in [1.807, 2.05) is 0 Å². The molecule has 0 saturated heterocycles. The van der Waals surface area contributed by atoms with Crippen LogP contribution in [0.15, 0.2) is 0 Å². The Labute approximate surface area is 109 Å². The lowest BCUT2D eigenvalue weighted by Crippen LogP contribution is -2.44. The fraction of sp³-hybridized carbons (Fsp3) is 0.867. The van der Waals surface area contributed by atoms with Crippen molar-refractivity contribution in [2.45, 2.75) is 57.4 Å². The van der Waals surface area contributed by atoms with Gasteiger partial charge in [-0.3, -0.25) is 4.79 Å². The molecule has 3 nitrogen and oxygen atoms in total. The Kier molecular flexibility index (Phi) is 3.28. The zero-order chi connectivity index (χ0) is 12.5. The first-order valence-corrected chi connectivity index (χ1v) is 7.46. The molecule has 1 unspecified atom stereocenters. The highest BCUT2D eigenvalue weighted by atomic mass is 16.2. The van der Waals surface area contributed by atoms with E-state index in [0.717, 1.165) is 31.6 Å². The van der Waals surface area contributed by atoms with Crippen LogP contribution >= 0.6 is 0 Å². The van der Waals surface area contributed by atoms with Crippen LogP contribution in [-0.2, 0) is 4.79 Å². The van der Waals surface area contributed by atoms with Gasteiger partial charge in [-0.1, -0.05) is 12.8 Å². The molecule has 4 fully saturated rings. The largest absolute Gasteiger partial charge is 0.353 e. The molecule has 4 aliphatic carbocycles. The van der Waals surface area contributed by atoms with E-state index in [1.165, 1.54) is 25.7 Å². The van der Waals surface area contributed by atoms with Gasteiger partial charge in [0.2, 0.25) is 5.91 Å². The second-order valence-corrected chi connectivity index (χ2v) is 6.47. The van der Waals surface area contributed by atoms with Crippen molar-refractivity contribution < 1.29 is 4.79 Å². The highest BCUT2D eigenvalue weighted by molar-refractivity contribution is 5.79. The van der Waals surface area contributed by atoms with Crippen LogP contribution in [0.2, 0.25) is 0 Å². The molecule has 2 bridgehead atoms. The summed E-state index contributed by atoms with van der Waals surface area (Å²) < 4.78 is 0. The SMILES string of the molecule is N#C[C@@H]1CC[C@H](NC(=O)C2CC3CCC2CC3)C1. The lowest BCUT2D eigenvalue weighted by atomic mass is 9.64. The normalized spacial score (nSPS) is 42.5. The average molecular weight is 246 g/mol. The topological polar surface area (TPSA) is 52.9 Å². The van der Waals surface area contributed by atoms with E-state index in [9.17, 15) is 4.79 Å². The van der Waals surface area contributed by atoms with Crippen molar-refractivity contribution in [2.24, 2.45) is 23.7 Å². The van der Waals surface area contributed by atoms with E-state index >= 15 is 0 Å². The molecule has 18 heavy (non-hydrogen) atoms. The van der Waals surface area contributed by atoms with Gasteiger partial charge in [0.1, 0.15) is 0 Å². The highest BCUT2D eigenvalue weighted by Crippen LogP contribution is 2.45. The predicted molar refractivity (Wildman–Crippen MR) is 68.4 cm³/mol. The Morgan fingerprint density at radius 2 is 1.83 bits per heavy atom. The maximum Gasteiger partial charge on any atom is 0.223 e. The summed E-state index contributed by atoms with van der Waals surface area (Å²) >= 11 is 0. The lowest BCUT2D eigenvalue weighted by molar-refractivity contribution is -0.130. The van der Waals surface area contributed by atoms with Crippen molar-refractivity contribution >= 4 is 5.91 Å². The number of hydrogen-bond donors (Lipinski definition) is 1. The van der Waals surface area contributed by atoms with Gasteiger partial charge in [0.15, 0.2) is 0 Å². The molecule has 0 heterocycles. The number of fused-ring (bicyclic) bond motifs is 3. The number of nitriles is 1. The maximum atomic E-state index is 12.3. The maximum absolute atomic E-state index is 12.3. The van der Waals surface area contributed by atoms with Crippen molar-refractivity contribution in [2.75, 3.05) is 0 Å². The quantitative estimate of drug-likeness (QED) is 0.814. The van der Waals surface area contributed by atoms with Gasteiger partial charge in [-0.15, -0.1) is 0 Å². The third-order valence-corrected chi connectivity index (χ3v) is 5.35. The van der Waals surface area contributed by atoms with Crippen LogP contribution < -0.4 is 5.32 Å². The van der Waals surface area contributed by atoms with Crippen LogP contribution in [0.25, 0.3) is 0 Å². The summed E-state index contributed by atoms with van der Waals surface area (Å²) in [6.07, 6.45) is 9.13. The number of nitrogens with zero attached hydrogens (tertiary/aromatic N) is 1. The number of carbonyl (C=O) groups is 1. The fourth-order valence-electron chi connectivity index (χ4n) is 4.24. The molecule has 4 rings (SSSR count). The minimum atomic E-state index is 0.165. The number of carbonyl (C=O) groups excluding carboxylic acids is 1.